The van der Waals surface area contributed by atoms with Crippen LogP contribution < -0.4 is 4.80 Å². The van der Waals surface area contributed by atoms with E-state index >= 15 is 0 Å². The summed E-state index contributed by atoms with van der Waals surface area (Å²) in [7, 11) is 1.59. The lowest BCUT2D eigenvalue weighted by Gasteiger charge is -2.04. The van der Waals surface area contributed by atoms with Crippen molar-refractivity contribution in [2.24, 2.45) is 4.99 Å². The average Bonchev–Trinajstić information content (AvgIpc) is 3.14. The Morgan fingerprint density at radius 3 is 2.45 bits per heavy atom. The van der Waals surface area contributed by atoms with Gasteiger partial charge < -0.3 is 9.30 Å². The summed E-state index contributed by atoms with van der Waals surface area (Å²) in [5, 5.41) is 11.1. The molecule has 0 atom stereocenters. The molecule has 1 aromatic heterocycles. The Labute approximate surface area is 182 Å². The van der Waals surface area contributed by atoms with Crippen LogP contribution in [0.25, 0.3) is 21.3 Å². The summed E-state index contributed by atoms with van der Waals surface area (Å²) in [6.45, 7) is 0.906. The molecule has 3 aromatic carbocycles. The summed E-state index contributed by atoms with van der Waals surface area (Å²) in [5.41, 5.74) is 3.34. The molecule has 1 heterocycles. The molecule has 0 N–H and O–H groups in total. The first kappa shape index (κ1) is 20.6. The number of nitro groups is 1. The first-order chi connectivity index (χ1) is 15.1. The second-order valence-corrected chi connectivity index (χ2v) is 7.81. The normalized spacial score (nSPS) is 11.7. The number of hydrogen-bond acceptors (Lipinski definition) is 5. The molecule has 0 spiro atoms. The van der Waals surface area contributed by atoms with Crippen molar-refractivity contribution in [1.29, 1.82) is 0 Å². The fourth-order valence-corrected chi connectivity index (χ4v) is 4.33. The zero-order valence-electron chi connectivity index (χ0n) is 16.7. The van der Waals surface area contributed by atoms with Gasteiger partial charge in [-0.1, -0.05) is 53.8 Å². The lowest BCUT2D eigenvalue weighted by Crippen LogP contribution is -2.19. The molecule has 4 rings (SSSR count). The predicted octanol–water partition coefficient (Wildman–Crippen LogP) is 4.67. The van der Waals surface area contributed by atoms with E-state index in [2.05, 4.69) is 4.99 Å². The summed E-state index contributed by atoms with van der Waals surface area (Å²) in [6, 6.07) is 21.8. The molecule has 0 radical (unpaired) electrons. The van der Waals surface area contributed by atoms with E-state index in [1.54, 1.807) is 25.3 Å². The van der Waals surface area contributed by atoms with Crippen LogP contribution in [-0.2, 0) is 11.3 Å². The van der Waals surface area contributed by atoms with Crippen molar-refractivity contribution in [3.05, 3.63) is 93.3 Å². The molecule has 1 amide bonds. The van der Waals surface area contributed by atoms with Crippen molar-refractivity contribution in [2.75, 3.05) is 13.7 Å². The maximum Gasteiger partial charge on any atom is 0.279 e. The molecule has 0 unspecified atom stereocenters. The van der Waals surface area contributed by atoms with E-state index < -0.39 is 4.92 Å². The largest absolute Gasteiger partial charge is 0.383 e. The monoisotopic (exact) mass is 433 g/mol. The molecule has 0 aliphatic rings. The highest BCUT2D eigenvalue weighted by molar-refractivity contribution is 7.16. The van der Waals surface area contributed by atoms with E-state index in [1.165, 1.54) is 23.5 Å². The Morgan fingerprint density at radius 1 is 1.06 bits per heavy atom. The average molecular weight is 433 g/mol. The van der Waals surface area contributed by atoms with Crippen LogP contribution >= 0.6 is 11.3 Å². The Bertz CT molecular complexity index is 1310. The van der Waals surface area contributed by atoms with Gasteiger partial charge in [-0.25, -0.2) is 0 Å². The third-order valence-electron chi connectivity index (χ3n) is 4.83. The molecule has 0 bridgehead atoms. The standard InChI is InChI=1S/C23H19N3O4S/c1-30-14-13-25-20-12-11-19(26(28)29)15-21(20)31-23(25)24-22(27)18-9-7-17(8-10-18)16-5-3-2-4-6-16/h2-12,15H,13-14H2,1H3. The molecule has 7 nitrogen and oxygen atoms in total. The van der Waals surface area contributed by atoms with Crippen molar-refractivity contribution in [2.45, 2.75) is 6.54 Å². The summed E-state index contributed by atoms with van der Waals surface area (Å²) >= 11 is 1.24. The number of carbonyl (C=O) groups is 1. The molecular weight excluding hydrogens is 414 g/mol. The topological polar surface area (TPSA) is 86.7 Å². The number of amides is 1. The van der Waals surface area contributed by atoms with Crippen LogP contribution in [-0.4, -0.2) is 29.1 Å². The third kappa shape index (κ3) is 4.45. The second kappa shape index (κ2) is 9.03. The zero-order valence-corrected chi connectivity index (χ0v) is 17.5. The molecule has 0 aliphatic heterocycles. The Morgan fingerprint density at radius 2 is 1.77 bits per heavy atom. The number of ether oxygens (including phenoxy) is 1. The van der Waals surface area contributed by atoms with Crippen LogP contribution in [0.15, 0.2) is 77.8 Å². The molecule has 31 heavy (non-hydrogen) atoms. The molecule has 0 saturated carbocycles. The SMILES string of the molecule is COCCn1c(=NC(=O)c2ccc(-c3ccccc3)cc2)sc2cc([N+](=O)[O-])ccc21. The van der Waals surface area contributed by atoms with Crippen molar-refractivity contribution in [3.63, 3.8) is 0 Å². The fourth-order valence-electron chi connectivity index (χ4n) is 3.25. The summed E-state index contributed by atoms with van der Waals surface area (Å²) in [4.78, 5) is 28.3. The number of benzene rings is 3. The molecule has 0 aliphatic carbocycles. The van der Waals surface area contributed by atoms with E-state index in [0.29, 0.717) is 28.2 Å². The number of nitrogens with zero attached hydrogens (tertiary/aromatic N) is 3. The lowest BCUT2D eigenvalue weighted by atomic mass is 10.0. The molecule has 8 heteroatoms. The van der Waals surface area contributed by atoms with Gasteiger partial charge in [0.1, 0.15) is 0 Å². The van der Waals surface area contributed by atoms with Gasteiger partial charge in [-0.3, -0.25) is 14.9 Å². The number of aromatic nitrogens is 1. The number of carbonyl (C=O) groups excluding carboxylic acids is 1. The van der Waals surface area contributed by atoms with Gasteiger partial charge in [-0.05, 0) is 29.3 Å². The number of fused-ring (bicyclic) bond motifs is 1. The first-order valence-electron chi connectivity index (χ1n) is 9.58. The second-order valence-electron chi connectivity index (χ2n) is 6.80. The van der Waals surface area contributed by atoms with E-state index in [-0.39, 0.29) is 11.6 Å². The van der Waals surface area contributed by atoms with Crippen LogP contribution in [0.1, 0.15) is 10.4 Å². The first-order valence-corrected chi connectivity index (χ1v) is 10.4. The Kier molecular flexibility index (Phi) is 6.01. The van der Waals surface area contributed by atoms with Gasteiger partial charge in [-0.15, -0.1) is 0 Å². The minimum Gasteiger partial charge on any atom is -0.383 e. The maximum atomic E-state index is 12.8. The van der Waals surface area contributed by atoms with E-state index in [4.69, 9.17) is 4.74 Å². The molecular formula is C23H19N3O4S. The number of methoxy groups -OCH3 is 1. The van der Waals surface area contributed by atoms with E-state index in [0.717, 1.165) is 16.6 Å². The molecule has 0 fully saturated rings. The van der Waals surface area contributed by atoms with Crippen molar-refractivity contribution in [1.82, 2.24) is 4.57 Å². The number of rotatable bonds is 6. The summed E-state index contributed by atoms with van der Waals surface area (Å²) in [6.07, 6.45) is 0. The number of non-ortho nitro benzene ring substituents is 1. The fraction of sp³-hybridized carbons (Fsp3) is 0.130. The number of hydrogen-bond donors (Lipinski definition) is 0. The van der Waals surface area contributed by atoms with Crippen LogP contribution in [0, 0.1) is 10.1 Å². The molecule has 156 valence electrons. The van der Waals surface area contributed by atoms with Gasteiger partial charge in [0.05, 0.1) is 21.7 Å². The quantitative estimate of drug-likeness (QED) is 0.327. The van der Waals surface area contributed by atoms with E-state index in [9.17, 15) is 14.9 Å². The van der Waals surface area contributed by atoms with Gasteiger partial charge in [0.15, 0.2) is 4.80 Å². The van der Waals surface area contributed by atoms with Crippen LogP contribution in [0.4, 0.5) is 5.69 Å². The highest BCUT2D eigenvalue weighted by Crippen LogP contribution is 2.24. The molecule has 0 saturated heterocycles. The van der Waals surface area contributed by atoms with Gasteiger partial charge >= 0.3 is 0 Å². The van der Waals surface area contributed by atoms with Crippen molar-refractivity contribution >= 4 is 33.1 Å². The highest BCUT2D eigenvalue weighted by atomic mass is 32.1. The van der Waals surface area contributed by atoms with Gasteiger partial charge in [0.25, 0.3) is 11.6 Å². The minimum absolute atomic E-state index is 0.00187. The Balaban J connectivity index is 1.71. The Hall–Kier alpha value is -3.62. The zero-order chi connectivity index (χ0) is 21.8. The van der Waals surface area contributed by atoms with Gasteiger partial charge in [0.2, 0.25) is 0 Å². The smallest absolute Gasteiger partial charge is 0.279 e. The van der Waals surface area contributed by atoms with Crippen LogP contribution in [0.2, 0.25) is 0 Å². The van der Waals surface area contributed by atoms with Crippen molar-refractivity contribution < 1.29 is 14.5 Å². The number of thiazole rings is 1. The predicted molar refractivity (Wildman–Crippen MR) is 120 cm³/mol. The summed E-state index contributed by atoms with van der Waals surface area (Å²) in [5.74, 6) is -0.369. The van der Waals surface area contributed by atoms with Gasteiger partial charge in [-0.2, -0.15) is 4.99 Å². The summed E-state index contributed by atoms with van der Waals surface area (Å²) < 4.78 is 7.72. The van der Waals surface area contributed by atoms with Gasteiger partial charge in [0, 0.05) is 31.4 Å². The van der Waals surface area contributed by atoms with Crippen molar-refractivity contribution in [3.8, 4) is 11.1 Å². The van der Waals surface area contributed by atoms with E-state index in [1.807, 2.05) is 47.0 Å². The molecule has 4 aromatic rings. The maximum absolute atomic E-state index is 12.8. The minimum atomic E-state index is -0.436. The lowest BCUT2D eigenvalue weighted by molar-refractivity contribution is -0.384. The van der Waals surface area contributed by atoms with Crippen LogP contribution in [0.5, 0.6) is 0 Å². The highest BCUT2D eigenvalue weighted by Gasteiger charge is 2.13. The van der Waals surface area contributed by atoms with Crippen LogP contribution in [0.3, 0.4) is 0 Å². The number of nitro benzene ring substituents is 1. The third-order valence-corrected chi connectivity index (χ3v) is 5.87.